The molecule has 3 nitrogen and oxygen atoms in total. The molecule has 0 radical (unpaired) electrons. The highest BCUT2D eigenvalue weighted by atomic mass is 35.5. The molecule has 0 spiro atoms. The molecule has 0 saturated carbocycles. The van der Waals surface area contributed by atoms with Crippen LogP contribution in [0.4, 0.5) is 0 Å². The van der Waals surface area contributed by atoms with Crippen LogP contribution >= 0.6 is 12.4 Å². The second kappa shape index (κ2) is 6.43. The first-order chi connectivity index (χ1) is 4.59. The van der Waals surface area contributed by atoms with Crippen LogP contribution in [0.25, 0.3) is 0 Å². The van der Waals surface area contributed by atoms with Gasteiger partial charge in [0.15, 0.2) is 0 Å². The molecule has 0 rings (SSSR count). The van der Waals surface area contributed by atoms with Gasteiger partial charge in [0.05, 0.1) is 6.04 Å². The zero-order valence-corrected chi connectivity index (χ0v) is 8.07. The number of nitrogens with one attached hydrogen (secondary N) is 1. The summed E-state index contributed by atoms with van der Waals surface area (Å²) in [6.07, 6.45) is 0. The van der Waals surface area contributed by atoms with Gasteiger partial charge in [-0.2, -0.15) is 0 Å². The zero-order valence-electron chi connectivity index (χ0n) is 7.26. The third kappa shape index (κ3) is 5.04. The molecule has 0 aromatic rings. The SMILES string of the molecule is CCNC(=O)C(N)C(C)C.Cl. The van der Waals surface area contributed by atoms with Crippen LogP contribution in [0.2, 0.25) is 0 Å². The summed E-state index contributed by atoms with van der Waals surface area (Å²) in [6, 6.07) is -0.361. The molecule has 0 aliphatic heterocycles. The van der Waals surface area contributed by atoms with Crippen molar-refractivity contribution in [3.8, 4) is 0 Å². The van der Waals surface area contributed by atoms with E-state index in [9.17, 15) is 4.79 Å². The topological polar surface area (TPSA) is 55.1 Å². The minimum absolute atomic E-state index is 0. The summed E-state index contributed by atoms with van der Waals surface area (Å²) in [5.74, 6) is 0.157. The quantitative estimate of drug-likeness (QED) is 0.666. The number of halogens is 1. The van der Waals surface area contributed by atoms with Crippen LogP contribution in [-0.4, -0.2) is 18.5 Å². The van der Waals surface area contributed by atoms with Gasteiger partial charge in [0.25, 0.3) is 0 Å². The van der Waals surface area contributed by atoms with Crippen LogP contribution in [-0.2, 0) is 4.79 Å². The molecule has 0 aromatic carbocycles. The van der Waals surface area contributed by atoms with E-state index in [0.29, 0.717) is 6.54 Å². The van der Waals surface area contributed by atoms with Gasteiger partial charge in [0.1, 0.15) is 0 Å². The molecule has 3 N–H and O–H groups in total. The first-order valence-corrected chi connectivity index (χ1v) is 3.62. The van der Waals surface area contributed by atoms with E-state index < -0.39 is 0 Å². The lowest BCUT2D eigenvalue weighted by Gasteiger charge is -2.13. The van der Waals surface area contributed by atoms with Gasteiger partial charge in [-0.05, 0) is 12.8 Å². The van der Waals surface area contributed by atoms with Crippen molar-refractivity contribution in [3.05, 3.63) is 0 Å². The maximum atomic E-state index is 10.9. The number of carbonyl (C=O) groups excluding carboxylic acids is 1. The Labute approximate surface area is 74.1 Å². The standard InChI is InChI=1S/C7H16N2O.ClH/c1-4-9-7(10)6(8)5(2)3;/h5-6H,4,8H2,1-3H3,(H,9,10);1H. The summed E-state index contributed by atoms with van der Waals surface area (Å²) in [4.78, 5) is 10.9. The number of rotatable bonds is 3. The molecular formula is C7H17ClN2O. The van der Waals surface area contributed by atoms with Gasteiger partial charge in [-0.25, -0.2) is 0 Å². The Morgan fingerprint density at radius 2 is 2.00 bits per heavy atom. The van der Waals surface area contributed by atoms with Crippen molar-refractivity contribution in [1.82, 2.24) is 5.32 Å². The molecule has 0 aliphatic carbocycles. The maximum Gasteiger partial charge on any atom is 0.237 e. The van der Waals surface area contributed by atoms with E-state index in [4.69, 9.17) is 5.73 Å². The Morgan fingerprint density at radius 1 is 1.55 bits per heavy atom. The molecule has 0 fully saturated rings. The Balaban J connectivity index is 0. The number of carbonyl (C=O) groups is 1. The van der Waals surface area contributed by atoms with E-state index >= 15 is 0 Å². The van der Waals surface area contributed by atoms with E-state index in [1.54, 1.807) is 0 Å². The molecule has 1 amide bonds. The van der Waals surface area contributed by atoms with Crippen LogP contribution in [0.1, 0.15) is 20.8 Å². The largest absolute Gasteiger partial charge is 0.355 e. The van der Waals surface area contributed by atoms with Crippen LogP contribution in [0.3, 0.4) is 0 Å². The fourth-order valence-corrected chi connectivity index (χ4v) is 0.595. The Morgan fingerprint density at radius 3 is 2.27 bits per heavy atom. The van der Waals surface area contributed by atoms with Crippen molar-refractivity contribution >= 4 is 18.3 Å². The maximum absolute atomic E-state index is 10.9. The van der Waals surface area contributed by atoms with Crippen molar-refractivity contribution < 1.29 is 4.79 Å². The summed E-state index contributed by atoms with van der Waals surface area (Å²) in [5.41, 5.74) is 5.53. The lowest BCUT2D eigenvalue weighted by atomic mass is 10.1. The molecule has 1 unspecified atom stereocenters. The number of nitrogens with two attached hydrogens (primary N) is 1. The van der Waals surface area contributed by atoms with Gasteiger partial charge in [-0.1, -0.05) is 13.8 Å². The minimum Gasteiger partial charge on any atom is -0.355 e. The summed E-state index contributed by atoms with van der Waals surface area (Å²) >= 11 is 0. The predicted octanol–water partition coefficient (Wildman–Crippen LogP) is 0.528. The molecule has 4 heteroatoms. The lowest BCUT2D eigenvalue weighted by molar-refractivity contribution is -0.123. The molecule has 0 aliphatic rings. The molecule has 1 atom stereocenters. The summed E-state index contributed by atoms with van der Waals surface area (Å²) < 4.78 is 0. The number of likely N-dealkylation sites (N-methyl/N-ethyl adjacent to an activating group) is 1. The van der Waals surface area contributed by atoms with Crippen molar-refractivity contribution in [2.45, 2.75) is 26.8 Å². The monoisotopic (exact) mass is 180 g/mol. The minimum atomic E-state index is -0.361. The van der Waals surface area contributed by atoms with Gasteiger partial charge >= 0.3 is 0 Å². The van der Waals surface area contributed by atoms with Crippen molar-refractivity contribution in [2.75, 3.05) is 6.54 Å². The smallest absolute Gasteiger partial charge is 0.237 e. The average Bonchev–Trinajstić information content (AvgIpc) is 1.87. The van der Waals surface area contributed by atoms with Gasteiger partial charge < -0.3 is 11.1 Å². The third-order valence-corrected chi connectivity index (χ3v) is 1.37. The fraction of sp³-hybridized carbons (Fsp3) is 0.857. The second-order valence-corrected chi connectivity index (χ2v) is 2.66. The van der Waals surface area contributed by atoms with Crippen LogP contribution in [0.5, 0.6) is 0 Å². The van der Waals surface area contributed by atoms with Gasteiger partial charge in [0, 0.05) is 6.54 Å². The Hall–Kier alpha value is -0.280. The highest BCUT2D eigenvalue weighted by Crippen LogP contribution is 1.96. The molecule has 0 aromatic heterocycles. The van der Waals surface area contributed by atoms with E-state index in [2.05, 4.69) is 5.32 Å². The first-order valence-electron chi connectivity index (χ1n) is 3.62. The number of amides is 1. The van der Waals surface area contributed by atoms with Gasteiger partial charge in [0.2, 0.25) is 5.91 Å². The predicted molar refractivity (Wildman–Crippen MR) is 48.7 cm³/mol. The van der Waals surface area contributed by atoms with Crippen LogP contribution in [0.15, 0.2) is 0 Å². The van der Waals surface area contributed by atoms with Crippen LogP contribution < -0.4 is 11.1 Å². The summed E-state index contributed by atoms with van der Waals surface area (Å²) in [6.45, 7) is 6.39. The molecule has 0 heterocycles. The number of hydrogen-bond donors (Lipinski definition) is 2. The van der Waals surface area contributed by atoms with Crippen molar-refractivity contribution in [3.63, 3.8) is 0 Å². The molecule has 11 heavy (non-hydrogen) atoms. The van der Waals surface area contributed by atoms with Crippen molar-refractivity contribution in [2.24, 2.45) is 11.7 Å². The van der Waals surface area contributed by atoms with Gasteiger partial charge in [-0.15, -0.1) is 12.4 Å². The molecule has 0 bridgehead atoms. The Kier molecular flexibility index (Phi) is 7.79. The summed E-state index contributed by atoms with van der Waals surface area (Å²) in [5, 5.41) is 2.66. The lowest BCUT2D eigenvalue weighted by Crippen LogP contribution is -2.43. The van der Waals surface area contributed by atoms with E-state index in [-0.39, 0.29) is 30.3 Å². The third-order valence-electron chi connectivity index (χ3n) is 1.37. The zero-order chi connectivity index (χ0) is 8.15. The normalized spacial score (nSPS) is 12.1. The van der Waals surface area contributed by atoms with Gasteiger partial charge in [-0.3, -0.25) is 4.79 Å². The molecular weight excluding hydrogens is 164 g/mol. The molecule has 68 valence electrons. The highest BCUT2D eigenvalue weighted by Gasteiger charge is 2.15. The highest BCUT2D eigenvalue weighted by molar-refractivity contribution is 5.85. The number of hydrogen-bond acceptors (Lipinski definition) is 2. The summed E-state index contributed by atoms with van der Waals surface area (Å²) in [7, 11) is 0. The van der Waals surface area contributed by atoms with E-state index in [1.807, 2.05) is 20.8 Å². The first kappa shape index (κ1) is 13.3. The van der Waals surface area contributed by atoms with Crippen LogP contribution in [0, 0.1) is 5.92 Å². The van der Waals surface area contributed by atoms with E-state index in [1.165, 1.54) is 0 Å². The van der Waals surface area contributed by atoms with Crippen molar-refractivity contribution in [1.29, 1.82) is 0 Å². The molecule has 0 saturated heterocycles. The average molecular weight is 181 g/mol. The van der Waals surface area contributed by atoms with E-state index in [0.717, 1.165) is 0 Å². The fourth-order valence-electron chi connectivity index (χ4n) is 0.595. The Bertz CT molecular complexity index is 117. The second-order valence-electron chi connectivity index (χ2n) is 2.66.